The summed E-state index contributed by atoms with van der Waals surface area (Å²) >= 11 is 3.33. The molecule has 0 aliphatic heterocycles. The molecule has 1 aliphatic rings. The molecule has 2 rings (SSSR count). The molecule has 0 radical (unpaired) electrons. The quantitative estimate of drug-likeness (QED) is 0.668. The summed E-state index contributed by atoms with van der Waals surface area (Å²) in [7, 11) is 0. The maximum Gasteiger partial charge on any atom is 0.340 e. The molecule has 0 unspecified atom stereocenters. The SMILES string of the molecule is CC1CCC(OC(=O)c2cc(Br)ccc2N)CC1. The Kier molecular flexibility index (Phi) is 4.27. The first kappa shape index (κ1) is 13.4. The van der Waals surface area contributed by atoms with Crippen LogP contribution in [-0.4, -0.2) is 12.1 Å². The van der Waals surface area contributed by atoms with E-state index in [1.54, 1.807) is 12.1 Å². The molecule has 4 heteroatoms. The number of esters is 1. The van der Waals surface area contributed by atoms with Gasteiger partial charge >= 0.3 is 5.97 Å². The summed E-state index contributed by atoms with van der Waals surface area (Å²) in [4.78, 5) is 12.0. The average molecular weight is 312 g/mol. The van der Waals surface area contributed by atoms with Crippen LogP contribution in [0.15, 0.2) is 22.7 Å². The number of hydrogen-bond acceptors (Lipinski definition) is 3. The molecule has 0 amide bonds. The van der Waals surface area contributed by atoms with E-state index in [2.05, 4.69) is 22.9 Å². The molecular weight excluding hydrogens is 294 g/mol. The molecule has 1 saturated carbocycles. The Morgan fingerprint density at radius 2 is 2.00 bits per heavy atom. The van der Waals surface area contributed by atoms with Gasteiger partial charge in [0, 0.05) is 10.2 Å². The Balaban J connectivity index is 2.01. The van der Waals surface area contributed by atoms with Crippen LogP contribution in [0.2, 0.25) is 0 Å². The van der Waals surface area contributed by atoms with Crippen molar-refractivity contribution in [2.24, 2.45) is 5.92 Å². The van der Waals surface area contributed by atoms with Crippen molar-refractivity contribution in [1.82, 2.24) is 0 Å². The smallest absolute Gasteiger partial charge is 0.340 e. The van der Waals surface area contributed by atoms with Gasteiger partial charge in [0.15, 0.2) is 0 Å². The predicted octanol–water partition coefficient (Wildman–Crippen LogP) is 3.77. The van der Waals surface area contributed by atoms with E-state index in [0.717, 1.165) is 36.1 Å². The van der Waals surface area contributed by atoms with E-state index >= 15 is 0 Å². The highest BCUT2D eigenvalue weighted by Crippen LogP contribution is 2.27. The van der Waals surface area contributed by atoms with Gasteiger partial charge in [-0.1, -0.05) is 22.9 Å². The molecular formula is C14H18BrNO2. The van der Waals surface area contributed by atoms with Gasteiger partial charge in [0.05, 0.1) is 5.56 Å². The van der Waals surface area contributed by atoms with Gasteiger partial charge in [0.1, 0.15) is 6.10 Å². The number of carbonyl (C=O) groups excluding carboxylic acids is 1. The zero-order valence-electron chi connectivity index (χ0n) is 10.5. The van der Waals surface area contributed by atoms with Crippen LogP contribution in [0, 0.1) is 5.92 Å². The van der Waals surface area contributed by atoms with E-state index in [9.17, 15) is 4.79 Å². The van der Waals surface area contributed by atoms with Crippen LogP contribution in [0.3, 0.4) is 0 Å². The van der Waals surface area contributed by atoms with Crippen molar-refractivity contribution in [2.75, 3.05) is 5.73 Å². The highest BCUT2D eigenvalue weighted by atomic mass is 79.9. The normalized spacial score (nSPS) is 23.7. The number of nitrogens with two attached hydrogens (primary N) is 1. The minimum absolute atomic E-state index is 0.0482. The minimum Gasteiger partial charge on any atom is -0.459 e. The van der Waals surface area contributed by atoms with Crippen molar-refractivity contribution < 1.29 is 9.53 Å². The van der Waals surface area contributed by atoms with Gasteiger partial charge in [-0.25, -0.2) is 4.79 Å². The van der Waals surface area contributed by atoms with Crippen LogP contribution < -0.4 is 5.73 Å². The lowest BCUT2D eigenvalue weighted by Crippen LogP contribution is -2.24. The minimum atomic E-state index is -0.312. The van der Waals surface area contributed by atoms with Gasteiger partial charge in [-0.05, 0) is 49.8 Å². The highest BCUT2D eigenvalue weighted by Gasteiger charge is 2.23. The summed E-state index contributed by atoms with van der Waals surface area (Å²) in [5.41, 5.74) is 6.71. The molecule has 2 N–H and O–H groups in total. The second-order valence-electron chi connectivity index (χ2n) is 5.02. The molecule has 0 spiro atoms. The molecule has 0 aromatic heterocycles. The van der Waals surface area contributed by atoms with Crippen molar-refractivity contribution in [3.05, 3.63) is 28.2 Å². The van der Waals surface area contributed by atoms with Crippen LogP contribution in [-0.2, 0) is 4.74 Å². The predicted molar refractivity (Wildman–Crippen MR) is 75.4 cm³/mol. The second-order valence-corrected chi connectivity index (χ2v) is 5.93. The van der Waals surface area contributed by atoms with Gasteiger partial charge in [-0.15, -0.1) is 0 Å². The molecule has 1 aromatic carbocycles. The standard InChI is InChI=1S/C14H18BrNO2/c1-9-2-5-11(6-3-9)18-14(17)12-8-10(15)4-7-13(12)16/h4,7-9,11H,2-3,5-6,16H2,1H3. The molecule has 0 bridgehead atoms. The largest absolute Gasteiger partial charge is 0.459 e. The topological polar surface area (TPSA) is 52.3 Å². The number of benzene rings is 1. The third-order valence-corrected chi connectivity index (χ3v) is 3.97. The number of hydrogen-bond donors (Lipinski definition) is 1. The first-order chi connectivity index (χ1) is 8.56. The van der Waals surface area contributed by atoms with Crippen LogP contribution in [0.4, 0.5) is 5.69 Å². The van der Waals surface area contributed by atoms with E-state index in [0.29, 0.717) is 11.3 Å². The maximum absolute atomic E-state index is 12.0. The fourth-order valence-corrected chi connectivity index (χ4v) is 2.63. The van der Waals surface area contributed by atoms with Gasteiger partial charge in [-0.2, -0.15) is 0 Å². The maximum atomic E-state index is 12.0. The van der Waals surface area contributed by atoms with E-state index < -0.39 is 0 Å². The summed E-state index contributed by atoms with van der Waals surface area (Å²) in [6.07, 6.45) is 4.23. The Morgan fingerprint density at radius 1 is 1.33 bits per heavy atom. The first-order valence-corrected chi connectivity index (χ1v) is 7.11. The Hall–Kier alpha value is -1.03. The number of rotatable bonds is 2. The lowest BCUT2D eigenvalue weighted by molar-refractivity contribution is 0.0175. The lowest BCUT2D eigenvalue weighted by Gasteiger charge is -2.26. The van der Waals surface area contributed by atoms with Gasteiger partial charge in [0.25, 0.3) is 0 Å². The van der Waals surface area contributed by atoms with Gasteiger partial charge in [0.2, 0.25) is 0 Å². The third-order valence-electron chi connectivity index (χ3n) is 3.47. The van der Waals surface area contributed by atoms with Crippen molar-refractivity contribution in [3.8, 4) is 0 Å². The lowest BCUT2D eigenvalue weighted by atomic mass is 9.89. The summed E-state index contributed by atoms with van der Waals surface area (Å²) in [6, 6.07) is 5.24. The number of anilines is 1. The van der Waals surface area contributed by atoms with Crippen LogP contribution in [0.1, 0.15) is 43.0 Å². The van der Waals surface area contributed by atoms with Crippen molar-refractivity contribution in [3.63, 3.8) is 0 Å². The molecule has 0 atom stereocenters. The molecule has 3 nitrogen and oxygen atoms in total. The Labute approximate surface area is 116 Å². The zero-order chi connectivity index (χ0) is 13.1. The summed E-state index contributed by atoms with van der Waals surface area (Å²) < 4.78 is 6.36. The Morgan fingerprint density at radius 3 is 2.67 bits per heavy atom. The van der Waals surface area contributed by atoms with Crippen LogP contribution >= 0.6 is 15.9 Å². The monoisotopic (exact) mass is 311 g/mol. The van der Waals surface area contributed by atoms with Crippen LogP contribution in [0.5, 0.6) is 0 Å². The first-order valence-electron chi connectivity index (χ1n) is 6.32. The van der Waals surface area contributed by atoms with Gasteiger partial charge in [-0.3, -0.25) is 0 Å². The fourth-order valence-electron chi connectivity index (χ4n) is 2.27. The molecule has 18 heavy (non-hydrogen) atoms. The third kappa shape index (κ3) is 3.25. The summed E-state index contributed by atoms with van der Waals surface area (Å²) in [6.45, 7) is 2.24. The number of ether oxygens (including phenoxy) is 1. The van der Waals surface area contributed by atoms with E-state index in [1.807, 2.05) is 6.07 Å². The van der Waals surface area contributed by atoms with E-state index in [-0.39, 0.29) is 12.1 Å². The molecule has 1 fully saturated rings. The second kappa shape index (κ2) is 5.74. The summed E-state index contributed by atoms with van der Waals surface area (Å²) in [5, 5.41) is 0. The zero-order valence-corrected chi connectivity index (χ0v) is 12.1. The molecule has 0 saturated heterocycles. The molecule has 0 heterocycles. The number of carbonyl (C=O) groups is 1. The highest BCUT2D eigenvalue weighted by molar-refractivity contribution is 9.10. The summed E-state index contributed by atoms with van der Waals surface area (Å²) in [5.74, 6) is 0.434. The molecule has 1 aliphatic carbocycles. The number of halogens is 1. The van der Waals surface area contributed by atoms with E-state index in [4.69, 9.17) is 10.5 Å². The average Bonchev–Trinajstić information content (AvgIpc) is 2.35. The number of nitrogen functional groups attached to an aromatic ring is 1. The fraction of sp³-hybridized carbons (Fsp3) is 0.500. The van der Waals surface area contributed by atoms with Crippen molar-refractivity contribution in [2.45, 2.75) is 38.7 Å². The van der Waals surface area contributed by atoms with Crippen molar-refractivity contribution >= 4 is 27.6 Å². The molecule has 98 valence electrons. The van der Waals surface area contributed by atoms with Crippen molar-refractivity contribution in [1.29, 1.82) is 0 Å². The molecule has 1 aromatic rings. The van der Waals surface area contributed by atoms with Gasteiger partial charge < -0.3 is 10.5 Å². The Bertz CT molecular complexity index is 439. The van der Waals surface area contributed by atoms with E-state index in [1.165, 1.54) is 0 Å². The van der Waals surface area contributed by atoms with Crippen LogP contribution in [0.25, 0.3) is 0 Å².